The molecule has 0 spiro atoms. The summed E-state index contributed by atoms with van der Waals surface area (Å²) in [5.41, 5.74) is -0.465. The van der Waals surface area contributed by atoms with E-state index in [4.69, 9.17) is 0 Å². The number of hydrogen-bond acceptors (Lipinski definition) is 2. The van der Waals surface area contributed by atoms with Crippen molar-refractivity contribution in [2.75, 3.05) is 11.4 Å². The van der Waals surface area contributed by atoms with Crippen LogP contribution in [0.4, 0.5) is 18.9 Å². The van der Waals surface area contributed by atoms with Crippen LogP contribution in [0.5, 0.6) is 0 Å². The summed E-state index contributed by atoms with van der Waals surface area (Å²) in [7, 11) is 0. The van der Waals surface area contributed by atoms with Gasteiger partial charge in [0.25, 0.3) is 5.91 Å². The van der Waals surface area contributed by atoms with Crippen molar-refractivity contribution in [3.8, 4) is 0 Å². The minimum absolute atomic E-state index is 0.111. The van der Waals surface area contributed by atoms with Crippen molar-refractivity contribution in [3.05, 3.63) is 29.8 Å². The predicted octanol–water partition coefficient (Wildman–Crippen LogP) is 2.01. The van der Waals surface area contributed by atoms with Crippen LogP contribution >= 0.6 is 0 Å². The van der Waals surface area contributed by atoms with E-state index in [9.17, 15) is 22.8 Å². The second-order valence-electron chi connectivity index (χ2n) is 3.67. The Morgan fingerprint density at radius 3 is 2.06 bits per heavy atom. The number of hydrogen-bond donors (Lipinski definition) is 0. The molecule has 1 heterocycles. The highest BCUT2D eigenvalue weighted by Crippen LogP contribution is 2.31. The number of rotatable bonds is 1. The average molecular weight is 243 g/mol. The first kappa shape index (κ1) is 11.6. The molecule has 1 amide bonds. The molecule has 1 aliphatic heterocycles. The van der Waals surface area contributed by atoms with Crippen LogP contribution in [0.2, 0.25) is 0 Å². The van der Waals surface area contributed by atoms with E-state index < -0.39 is 23.4 Å². The predicted molar refractivity (Wildman–Crippen MR) is 53.4 cm³/mol. The Bertz CT molecular complexity index is 465. The molecule has 0 bridgehead atoms. The fraction of sp³-hybridized carbons (Fsp3) is 0.273. The van der Waals surface area contributed by atoms with Crippen LogP contribution in [0.25, 0.3) is 0 Å². The number of carbonyl (C=O) groups is 2. The lowest BCUT2D eigenvalue weighted by Crippen LogP contribution is -2.26. The van der Waals surface area contributed by atoms with Crippen LogP contribution < -0.4 is 4.90 Å². The van der Waals surface area contributed by atoms with E-state index in [1.165, 1.54) is 17.0 Å². The summed E-state index contributed by atoms with van der Waals surface area (Å²) in [6.07, 6.45) is -4.29. The molecule has 1 aliphatic rings. The third-order valence-corrected chi connectivity index (χ3v) is 2.55. The number of alkyl halides is 3. The molecule has 2 rings (SSSR count). The van der Waals surface area contributed by atoms with E-state index in [0.29, 0.717) is 5.69 Å². The molecule has 0 saturated carbocycles. The Hall–Kier alpha value is -1.85. The average Bonchev–Trinajstić information content (AvgIpc) is 2.59. The second kappa shape index (κ2) is 3.87. The number of Topliss-reactive ketones (excluding diaryl/α,β-unsaturated/α-hetero) is 1. The maximum atomic E-state index is 12.3. The van der Waals surface area contributed by atoms with E-state index in [-0.39, 0.29) is 13.0 Å². The van der Waals surface area contributed by atoms with Gasteiger partial charge in [-0.1, -0.05) is 0 Å². The fourth-order valence-corrected chi connectivity index (χ4v) is 1.65. The largest absolute Gasteiger partial charge is 0.416 e. The summed E-state index contributed by atoms with van der Waals surface area (Å²) in [6.45, 7) is 0.225. The normalized spacial score (nSPS) is 16.8. The van der Waals surface area contributed by atoms with Gasteiger partial charge in [0.2, 0.25) is 5.78 Å². The molecule has 0 unspecified atom stereocenters. The Labute approximate surface area is 94.8 Å². The van der Waals surface area contributed by atoms with Gasteiger partial charge in [-0.2, -0.15) is 13.2 Å². The highest BCUT2D eigenvalue weighted by Gasteiger charge is 2.32. The van der Waals surface area contributed by atoms with Crippen LogP contribution in [0, 0.1) is 0 Å². The molecular formula is C11H8F3NO2. The van der Waals surface area contributed by atoms with Crippen LogP contribution in [-0.4, -0.2) is 18.2 Å². The number of halogens is 3. The number of ketones is 1. The first-order chi connectivity index (χ1) is 7.89. The molecule has 90 valence electrons. The van der Waals surface area contributed by atoms with Crippen LogP contribution in [0.1, 0.15) is 12.0 Å². The van der Waals surface area contributed by atoms with Gasteiger partial charge in [0.05, 0.1) is 5.56 Å². The highest BCUT2D eigenvalue weighted by atomic mass is 19.4. The standard InChI is InChI=1S/C11H8F3NO2/c12-11(13,14)7-1-3-8(4-2-7)15-6-5-9(16)10(15)17/h1-4H,5-6H2. The minimum Gasteiger partial charge on any atom is -0.305 e. The highest BCUT2D eigenvalue weighted by molar-refractivity contribution is 6.43. The number of benzene rings is 1. The maximum Gasteiger partial charge on any atom is 0.416 e. The Morgan fingerprint density at radius 2 is 1.65 bits per heavy atom. The molecule has 1 aromatic rings. The van der Waals surface area contributed by atoms with Gasteiger partial charge in [0.1, 0.15) is 0 Å². The lowest BCUT2D eigenvalue weighted by molar-refractivity contribution is -0.137. The number of nitrogens with zero attached hydrogens (tertiary/aromatic N) is 1. The van der Waals surface area contributed by atoms with Crippen molar-refractivity contribution < 1.29 is 22.8 Å². The smallest absolute Gasteiger partial charge is 0.305 e. The molecule has 0 aliphatic carbocycles. The number of anilines is 1. The van der Waals surface area contributed by atoms with E-state index in [0.717, 1.165) is 12.1 Å². The molecule has 0 atom stereocenters. The van der Waals surface area contributed by atoms with Gasteiger partial charge < -0.3 is 4.90 Å². The Morgan fingerprint density at radius 1 is 1.06 bits per heavy atom. The molecule has 17 heavy (non-hydrogen) atoms. The summed E-state index contributed by atoms with van der Waals surface area (Å²) in [4.78, 5) is 23.5. The minimum atomic E-state index is -4.40. The zero-order valence-electron chi connectivity index (χ0n) is 8.62. The van der Waals surface area contributed by atoms with Gasteiger partial charge in [-0.25, -0.2) is 0 Å². The zero-order chi connectivity index (χ0) is 12.6. The van der Waals surface area contributed by atoms with Gasteiger partial charge in [-0.3, -0.25) is 9.59 Å². The third-order valence-electron chi connectivity index (χ3n) is 2.55. The van der Waals surface area contributed by atoms with Gasteiger partial charge in [0, 0.05) is 18.7 Å². The van der Waals surface area contributed by atoms with E-state index in [1.54, 1.807) is 0 Å². The monoisotopic (exact) mass is 243 g/mol. The fourth-order valence-electron chi connectivity index (χ4n) is 1.65. The molecule has 6 heteroatoms. The summed E-state index contributed by atoms with van der Waals surface area (Å²) in [6, 6.07) is 4.18. The lowest BCUT2D eigenvalue weighted by atomic mass is 10.2. The maximum absolute atomic E-state index is 12.3. The summed E-state index contributed by atoms with van der Waals surface area (Å²) >= 11 is 0. The summed E-state index contributed by atoms with van der Waals surface area (Å²) < 4.78 is 36.9. The van der Waals surface area contributed by atoms with Crippen LogP contribution in [0.15, 0.2) is 24.3 Å². The van der Waals surface area contributed by atoms with E-state index in [2.05, 4.69) is 0 Å². The summed E-state index contributed by atoms with van der Waals surface area (Å²) in [5, 5.41) is 0. The molecule has 1 fully saturated rings. The van der Waals surface area contributed by atoms with E-state index >= 15 is 0 Å². The Kier molecular flexibility index (Phi) is 2.65. The lowest BCUT2D eigenvalue weighted by Gasteiger charge is -2.15. The summed E-state index contributed by atoms with van der Waals surface area (Å²) in [5.74, 6) is -1.17. The zero-order valence-corrected chi connectivity index (χ0v) is 8.62. The molecule has 3 nitrogen and oxygen atoms in total. The molecule has 0 radical (unpaired) electrons. The van der Waals surface area contributed by atoms with Crippen molar-refractivity contribution in [1.82, 2.24) is 0 Å². The molecule has 1 aromatic carbocycles. The molecule has 0 aromatic heterocycles. The van der Waals surface area contributed by atoms with Crippen molar-refractivity contribution in [1.29, 1.82) is 0 Å². The van der Waals surface area contributed by atoms with Gasteiger partial charge in [0.15, 0.2) is 0 Å². The molecule has 1 saturated heterocycles. The van der Waals surface area contributed by atoms with Gasteiger partial charge in [-0.05, 0) is 24.3 Å². The topological polar surface area (TPSA) is 37.4 Å². The van der Waals surface area contributed by atoms with Crippen LogP contribution in [0.3, 0.4) is 0 Å². The van der Waals surface area contributed by atoms with Crippen molar-refractivity contribution in [3.63, 3.8) is 0 Å². The van der Waals surface area contributed by atoms with Gasteiger partial charge >= 0.3 is 6.18 Å². The van der Waals surface area contributed by atoms with Crippen LogP contribution in [-0.2, 0) is 15.8 Å². The van der Waals surface area contributed by atoms with Crippen molar-refractivity contribution >= 4 is 17.4 Å². The second-order valence-corrected chi connectivity index (χ2v) is 3.67. The first-order valence-corrected chi connectivity index (χ1v) is 4.91. The molecular weight excluding hydrogens is 235 g/mol. The SMILES string of the molecule is O=C1CCN(c2ccc(C(F)(F)F)cc2)C1=O. The van der Waals surface area contributed by atoms with Gasteiger partial charge in [-0.15, -0.1) is 0 Å². The van der Waals surface area contributed by atoms with E-state index in [1.807, 2.05) is 0 Å². The van der Waals surface area contributed by atoms with Crippen molar-refractivity contribution in [2.45, 2.75) is 12.6 Å². The quantitative estimate of drug-likeness (QED) is 0.707. The number of amides is 1. The third kappa shape index (κ3) is 2.15. The molecule has 0 N–H and O–H groups in total. The Balaban J connectivity index is 2.25. The van der Waals surface area contributed by atoms with Crippen molar-refractivity contribution in [2.24, 2.45) is 0 Å². The number of carbonyl (C=O) groups excluding carboxylic acids is 2. The first-order valence-electron chi connectivity index (χ1n) is 4.91.